The standard InChI is InChI=1S/C16H11ClFN3O3S.C14H11N3O2S/c17-12-4-3-6-14(15(12)18)25(23,24)21-9-7-11(10-21)20-16(22)13-5-1-2-8-19-13;18-14(12-4-1-2-7-15-12)16-11-6-8-17(10-11)20-13-5-3-9-19-13/h1-10H,(H,20,22);1-10H,(H,16,18). The second-order valence-corrected chi connectivity index (χ2v) is 12.1. The summed E-state index contributed by atoms with van der Waals surface area (Å²) in [4.78, 5) is 31.3. The summed E-state index contributed by atoms with van der Waals surface area (Å²) in [5.74, 6) is -1.76. The lowest BCUT2D eigenvalue weighted by atomic mass is 10.3. The molecule has 0 aliphatic carbocycles. The Bertz CT molecular complexity index is 2020. The van der Waals surface area contributed by atoms with Crippen molar-refractivity contribution in [2.75, 3.05) is 10.6 Å². The Hall–Kier alpha value is -5.18. The van der Waals surface area contributed by atoms with Gasteiger partial charge in [0.05, 0.1) is 22.7 Å². The summed E-state index contributed by atoms with van der Waals surface area (Å²) in [5.41, 5.74) is 1.50. The third-order valence-electron chi connectivity index (χ3n) is 5.81. The van der Waals surface area contributed by atoms with Gasteiger partial charge in [0.1, 0.15) is 16.3 Å². The van der Waals surface area contributed by atoms with E-state index in [1.807, 2.05) is 34.6 Å². The molecule has 45 heavy (non-hydrogen) atoms. The highest BCUT2D eigenvalue weighted by atomic mass is 35.5. The van der Waals surface area contributed by atoms with Gasteiger partial charge in [0.2, 0.25) is 0 Å². The van der Waals surface area contributed by atoms with Crippen LogP contribution in [0.5, 0.6) is 0 Å². The summed E-state index contributed by atoms with van der Waals surface area (Å²) in [6.45, 7) is 0. The zero-order valence-corrected chi connectivity index (χ0v) is 25.3. The van der Waals surface area contributed by atoms with Gasteiger partial charge in [-0.25, -0.2) is 16.8 Å². The maximum atomic E-state index is 14.0. The zero-order valence-electron chi connectivity index (χ0n) is 22.9. The smallest absolute Gasteiger partial charge is 0.274 e. The SMILES string of the molecule is O=C(Nc1ccn(S(=O)(=O)c2cccc(Cl)c2F)c1)c1ccccn1.O=C(Nc1ccn(Sc2ccco2)c1)c1ccccn1. The molecule has 0 aliphatic heterocycles. The number of amides is 2. The second-order valence-electron chi connectivity index (χ2n) is 8.91. The lowest BCUT2D eigenvalue weighted by molar-refractivity contribution is 0.101. The normalized spacial score (nSPS) is 10.9. The van der Waals surface area contributed by atoms with E-state index in [2.05, 4.69) is 20.6 Å². The van der Waals surface area contributed by atoms with Crippen molar-refractivity contribution in [3.8, 4) is 0 Å². The molecule has 6 rings (SSSR count). The van der Waals surface area contributed by atoms with Crippen LogP contribution in [0.4, 0.5) is 15.8 Å². The van der Waals surface area contributed by atoms with Gasteiger partial charge in [-0.05, 0) is 60.7 Å². The van der Waals surface area contributed by atoms with Gasteiger partial charge >= 0.3 is 0 Å². The third kappa shape index (κ3) is 7.86. The number of aromatic nitrogens is 4. The van der Waals surface area contributed by atoms with Crippen LogP contribution in [-0.4, -0.2) is 38.1 Å². The van der Waals surface area contributed by atoms with Crippen LogP contribution in [0.3, 0.4) is 0 Å². The summed E-state index contributed by atoms with van der Waals surface area (Å²) in [6.07, 6.45) is 10.7. The Morgan fingerprint density at radius 1 is 0.800 bits per heavy atom. The van der Waals surface area contributed by atoms with Crippen molar-refractivity contribution in [3.05, 3.63) is 145 Å². The monoisotopic (exact) mass is 664 g/mol. The molecule has 5 aromatic heterocycles. The summed E-state index contributed by atoms with van der Waals surface area (Å²) >= 11 is 7.06. The van der Waals surface area contributed by atoms with E-state index >= 15 is 0 Å². The number of furan rings is 1. The number of anilines is 2. The number of rotatable bonds is 8. The van der Waals surface area contributed by atoms with Gasteiger partial charge in [0, 0.05) is 49.1 Å². The number of halogens is 2. The summed E-state index contributed by atoms with van der Waals surface area (Å²) < 4.78 is 46.9. The molecule has 0 unspecified atom stereocenters. The van der Waals surface area contributed by atoms with E-state index in [0.29, 0.717) is 11.4 Å². The number of nitrogens with zero attached hydrogens (tertiary/aromatic N) is 4. The van der Waals surface area contributed by atoms with Crippen LogP contribution in [0.15, 0.2) is 137 Å². The minimum absolute atomic E-state index is 0.180. The van der Waals surface area contributed by atoms with Crippen LogP contribution in [0.25, 0.3) is 0 Å². The molecule has 6 aromatic rings. The number of benzene rings is 1. The molecule has 0 fully saturated rings. The molecule has 0 radical (unpaired) electrons. The molecule has 15 heteroatoms. The number of hydrogen-bond donors (Lipinski definition) is 2. The molecule has 5 heterocycles. The highest BCUT2D eigenvalue weighted by molar-refractivity contribution is 7.97. The van der Waals surface area contributed by atoms with E-state index in [0.717, 1.165) is 21.3 Å². The molecule has 0 saturated heterocycles. The van der Waals surface area contributed by atoms with Gasteiger partial charge in [0.15, 0.2) is 10.9 Å². The Kier molecular flexibility index (Phi) is 9.77. The van der Waals surface area contributed by atoms with Gasteiger partial charge in [-0.2, -0.15) is 0 Å². The Labute approximate surface area is 265 Å². The van der Waals surface area contributed by atoms with Crippen molar-refractivity contribution in [2.45, 2.75) is 9.99 Å². The topological polar surface area (TPSA) is 141 Å². The fourth-order valence-corrected chi connectivity index (χ4v) is 5.96. The lowest BCUT2D eigenvalue weighted by Crippen LogP contribution is -2.14. The van der Waals surface area contributed by atoms with Crippen LogP contribution in [0.2, 0.25) is 5.02 Å². The molecule has 11 nitrogen and oxygen atoms in total. The second kappa shape index (κ2) is 14.1. The lowest BCUT2D eigenvalue weighted by Gasteiger charge is -2.07. The number of carbonyl (C=O) groups excluding carboxylic acids is 2. The summed E-state index contributed by atoms with van der Waals surface area (Å²) in [7, 11) is -4.18. The highest BCUT2D eigenvalue weighted by Gasteiger charge is 2.23. The van der Waals surface area contributed by atoms with Gasteiger partial charge in [-0.1, -0.05) is 29.8 Å². The first kappa shape index (κ1) is 31.3. The van der Waals surface area contributed by atoms with Crippen molar-refractivity contribution in [1.82, 2.24) is 17.9 Å². The van der Waals surface area contributed by atoms with Gasteiger partial charge in [-0.3, -0.25) is 23.5 Å². The molecular formula is C30H22ClFN6O5S2. The van der Waals surface area contributed by atoms with E-state index in [1.165, 1.54) is 48.6 Å². The van der Waals surface area contributed by atoms with E-state index < -0.39 is 26.6 Å². The number of hydrogen-bond acceptors (Lipinski definition) is 8. The Morgan fingerprint density at radius 3 is 2.04 bits per heavy atom. The minimum atomic E-state index is -4.18. The maximum Gasteiger partial charge on any atom is 0.274 e. The van der Waals surface area contributed by atoms with Crippen LogP contribution in [0, 0.1) is 5.82 Å². The maximum absolute atomic E-state index is 14.0. The summed E-state index contributed by atoms with van der Waals surface area (Å²) in [5, 5.41) is 5.80. The third-order valence-corrected chi connectivity index (χ3v) is 8.60. The number of nitrogens with one attached hydrogen (secondary N) is 2. The fourth-order valence-electron chi connectivity index (χ4n) is 3.71. The zero-order chi connectivity index (χ0) is 31.8. The average molecular weight is 665 g/mol. The van der Waals surface area contributed by atoms with Gasteiger partial charge in [0.25, 0.3) is 21.8 Å². The molecule has 2 N–H and O–H groups in total. The van der Waals surface area contributed by atoms with Crippen molar-refractivity contribution in [3.63, 3.8) is 0 Å². The highest BCUT2D eigenvalue weighted by Crippen LogP contribution is 2.25. The first-order valence-corrected chi connectivity index (χ1v) is 15.5. The molecular weight excluding hydrogens is 643 g/mol. The van der Waals surface area contributed by atoms with Crippen LogP contribution >= 0.6 is 23.5 Å². The van der Waals surface area contributed by atoms with Crippen LogP contribution in [0.1, 0.15) is 21.0 Å². The van der Waals surface area contributed by atoms with Crippen LogP contribution in [-0.2, 0) is 10.0 Å². The Balaban J connectivity index is 0.000000182. The summed E-state index contributed by atoms with van der Waals surface area (Å²) in [6, 6.07) is 20.7. The van der Waals surface area contributed by atoms with Crippen molar-refractivity contribution < 1.29 is 26.8 Å². The molecule has 0 bridgehead atoms. The minimum Gasteiger partial charge on any atom is -0.456 e. The van der Waals surface area contributed by atoms with Crippen LogP contribution < -0.4 is 10.6 Å². The molecule has 1 aromatic carbocycles. The predicted molar refractivity (Wildman–Crippen MR) is 167 cm³/mol. The number of carbonyl (C=O) groups is 2. The number of pyridine rings is 2. The average Bonchev–Trinajstić information content (AvgIpc) is 3.84. The first-order chi connectivity index (χ1) is 21.7. The van der Waals surface area contributed by atoms with E-state index in [4.69, 9.17) is 16.0 Å². The van der Waals surface area contributed by atoms with E-state index in [9.17, 15) is 22.4 Å². The largest absolute Gasteiger partial charge is 0.456 e. The molecule has 228 valence electrons. The molecule has 0 atom stereocenters. The molecule has 0 saturated carbocycles. The van der Waals surface area contributed by atoms with Gasteiger partial charge < -0.3 is 15.1 Å². The van der Waals surface area contributed by atoms with Crippen molar-refractivity contribution >= 4 is 56.8 Å². The molecule has 0 spiro atoms. The predicted octanol–water partition coefficient (Wildman–Crippen LogP) is 6.45. The van der Waals surface area contributed by atoms with Crippen molar-refractivity contribution in [2.24, 2.45) is 0 Å². The molecule has 0 aliphatic rings. The Morgan fingerprint density at radius 2 is 1.44 bits per heavy atom. The van der Waals surface area contributed by atoms with E-state index in [1.54, 1.807) is 42.8 Å². The van der Waals surface area contributed by atoms with Crippen molar-refractivity contribution in [1.29, 1.82) is 0 Å². The quantitative estimate of drug-likeness (QED) is 0.189. The first-order valence-electron chi connectivity index (χ1n) is 12.9. The fraction of sp³-hybridized carbons (Fsp3) is 0. The van der Waals surface area contributed by atoms with E-state index in [-0.39, 0.29) is 22.3 Å². The molecule has 2 amide bonds. The van der Waals surface area contributed by atoms with Gasteiger partial charge in [-0.15, -0.1) is 0 Å².